The molecular weight excluding hydrogens is 368 g/mol. The van der Waals surface area contributed by atoms with Crippen LogP contribution in [0.5, 0.6) is 0 Å². The molecule has 0 bridgehead atoms. The van der Waals surface area contributed by atoms with E-state index < -0.39 is 12.1 Å². The lowest BCUT2D eigenvalue weighted by Gasteiger charge is -2.28. The fourth-order valence-electron chi connectivity index (χ4n) is 4.39. The van der Waals surface area contributed by atoms with Gasteiger partial charge in [-0.1, -0.05) is 50.2 Å². The van der Waals surface area contributed by atoms with Crippen molar-refractivity contribution in [2.24, 2.45) is 5.92 Å². The molecule has 6 nitrogen and oxygen atoms in total. The number of hydrogen-bond donors (Lipinski definition) is 1. The summed E-state index contributed by atoms with van der Waals surface area (Å²) in [5, 5.41) is 4.77. The Bertz CT molecular complexity index is 950. The van der Waals surface area contributed by atoms with Crippen LogP contribution in [0.15, 0.2) is 42.5 Å². The second-order valence-electron chi connectivity index (χ2n) is 8.26. The normalized spacial score (nSPS) is 22.2. The molecule has 152 valence electrons. The zero-order valence-corrected chi connectivity index (χ0v) is 16.8. The number of carbonyl (C=O) groups is 3. The summed E-state index contributed by atoms with van der Waals surface area (Å²) in [4.78, 5) is 40.2. The van der Waals surface area contributed by atoms with Gasteiger partial charge in [-0.2, -0.15) is 0 Å². The van der Waals surface area contributed by atoms with Gasteiger partial charge in [0.25, 0.3) is 5.91 Å². The molecule has 29 heavy (non-hydrogen) atoms. The van der Waals surface area contributed by atoms with Crippen molar-refractivity contribution < 1.29 is 19.1 Å². The molecule has 0 aliphatic carbocycles. The maximum Gasteiger partial charge on any atom is 0.252 e. The average molecular weight is 394 g/mol. The highest BCUT2D eigenvalue weighted by molar-refractivity contribution is 6.08. The Balaban J connectivity index is 1.58. The van der Waals surface area contributed by atoms with Gasteiger partial charge in [0.2, 0.25) is 5.91 Å². The first-order valence-electron chi connectivity index (χ1n) is 10.2. The lowest BCUT2D eigenvalue weighted by atomic mass is 10.00. The van der Waals surface area contributed by atoms with Crippen LogP contribution in [0.4, 0.5) is 0 Å². The summed E-state index contributed by atoms with van der Waals surface area (Å²) in [5.74, 6) is -0.306. The van der Waals surface area contributed by atoms with E-state index in [9.17, 15) is 14.4 Å². The predicted octanol–water partition coefficient (Wildman–Crippen LogP) is 2.55. The molecule has 6 heteroatoms. The molecule has 1 N–H and O–H groups in total. The van der Waals surface area contributed by atoms with Gasteiger partial charge >= 0.3 is 0 Å². The maximum atomic E-state index is 13.3. The van der Waals surface area contributed by atoms with Gasteiger partial charge in [-0.05, 0) is 35.6 Å². The molecule has 2 aliphatic rings. The zero-order valence-electron chi connectivity index (χ0n) is 16.8. The third kappa shape index (κ3) is 3.77. The van der Waals surface area contributed by atoms with E-state index in [1.54, 1.807) is 11.0 Å². The van der Waals surface area contributed by atoms with Crippen LogP contribution in [0.2, 0.25) is 0 Å². The summed E-state index contributed by atoms with van der Waals surface area (Å²) in [7, 11) is 0. The number of nitrogens with zero attached hydrogens (tertiary/aromatic N) is 1. The first kappa shape index (κ1) is 19.6. The Kier molecular flexibility index (Phi) is 5.37. The highest BCUT2D eigenvalue weighted by Gasteiger charge is 2.48. The quantitative estimate of drug-likeness (QED) is 0.846. The van der Waals surface area contributed by atoms with Crippen LogP contribution in [-0.2, 0) is 14.3 Å². The Labute approximate surface area is 170 Å². The van der Waals surface area contributed by atoms with Gasteiger partial charge in [-0.25, -0.2) is 0 Å². The lowest BCUT2D eigenvalue weighted by molar-refractivity contribution is -0.138. The van der Waals surface area contributed by atoms with Gasteiger partial charge in [0, 0.05) is 12.1 Å². The van der Waals surface area contributed by atoms with E-state index in [0.29, 0.717) is 24.9 Å². The molecule has 2 amide bonds. The molecule has 3 unspecified atom stereocenters. The molecule has 0 radical (unpaired) electrons. The van der Waals surface area contributed by atoms with Crippen molar-refractivity contribution in [3.05, 3.63) is 48.0 Å². The molecule has 4 rings (SSSR count). The van der Waals surface area contributed by atoms with Gasteiger partial charge in [0.1, 0.15) is 18.7 Å². The van der Waals surface area contributed by atoms with E-state index in [1.165, 1.54) is 0 Å². The van der Waals surface area contributed by atoms with E-state index >= 15 is 0 Å². The summed E-state index contributed by atoms with van der Waals surface area (Å²) in [6, 6.07) is 12.1. The maximum absolute atomic E-state index is 13.3. The fraction of sp³-hybridized carbons (Fsp3) is 0.435. The summed E-state index contributed by atoms with van der Waals surface area (Å²) < 4.78 is 5.50. The second-order valence-corrected chi connectivity index (χ2v) is 8.26. The van der Waals surface area contributed by atoms with Crippen molar-refractivity contribution in [1.82, 2.24) is 10.2 Å². The standard InChI is InChI=1S/C23H26N2O4/c1-14(2)12-18(23(28)25-11-10-20-21(25)19(26)13-29-20)24-22(27)17-9-5-7-15-6-3-4-8-16(15)17/h3-9,14,18,20-21H,10-13H2,1-2H3,(H,24,27). The van der Waals surface area contributed by atoms with Crippen molar-refractivity contribution in [2.45, 2.75) is 44.9 Å². The van der Waals surface area contributed by atoms with Gasteiger partial charge in [-0.3, -0.25) is 14.4 Å². The molecule has 2 aromatic carbocycles. The smallest absolute Gasteiger partial charge is 0.252 e. The number of hydrogen-bond acceptors (Lipinski definition) is 4. The zero-order chi connectivity index (χ0) is 20.5. The van der Waals surface area contributed by atoms with Gasteiger partial charge in [-0.15, -0.1) is 0 Å². The summed E-state index contributed by atoms with van der Waals surface area (Å²) in [6.07, 6.45) is 0.964. The second kappa shape index (κ2) is 7.95. The van der Waals surface area contributed by atoms with E-state index in [-0.39, 0.29) is 36.2 Å². The molecule has 2 heterocycles. The van der Waals surface area contributed by atoms with Crippen molar-refractivity contribution in [3.8, 4) is 0 Å². The minimum atomic E-state index is -0.673. The van der Waals surface area contributed by atoms with Crippen LogP contribution in [-0.4, -0.2) is 53.8 Å². The topological polar surface area (TPSA) is 75.7 Å². The van der Waals surface area contributed by atoms with E-state index in [0.717, 1.165) is 10.8 Å². The first-order valence-corrected chi connectivity index (χ1v) is 10.2. The minimum absolute atomic E-state index is 0.0514. The third-order valence-corrected chi connectivity index (χ3v) is 5.74. The monoisotopic (exact) mass is 394 g/mol. The number of likely N-dealkylation sites (tertiary alicyclic amines) is 1. The highest BCUT2D eigenvalue weighted by Crippen LogP contribution is 2.28. The third-order valence-electron chi connectivity index (χ3n) is 5.74. The largest absolute Gasteiger partial charge is 0.368 e. The van der Waals surface area contributed by atoms with Crippen molar-refractivity contribution >= 4 is 28.4 Å². The van der Waals surface area contributed by atoms with Crippen molar-refractivity contribution in [2.75, 3.05) is 13.2 Å². The van der Waals surface area contributed by atoms with Gasteiger partial charge in [0.05, 0.1) is 6.10 Å². The average Bonchev–Trinajstić information content (AvgIpc) is 3.29. The SMILES string of the molecule is CC(C)CC(NC(=O)c1cccc2ccccc12)C(=O)N1CCC2OCC(=O)C21. The summed E-state index contributed by atoms with van der Waals surface area (Å²) >= 11 is 0. The van der Waals surface area contributed by atoms with Crippen LogP contribution >= 0.6 is 0 Å². The number of nitrogens with one attached hydrogen (secondary N) is 1. The summed E-state index contributed by atoms with van der Waals surface area (Å²) in [6.45, 7) is 4.58. The molecule has 0 spiro atoms. The van der Waals surface area contributed by atoms with E-state index in [4.69, 9.17) is 4.74 Å². The molecule has 2 fully saturated rings. The predicted molar refractivity (Wildman–Crippen MR) is 110 cm³/mol. The van der Waals surface area contributed by atoms with Crippen LogP contribution in [0.3, 0.4) is 0 Å². The molecule has 0 saturated carbocycles. The number of Topliss-reactive ketones (excluding diaryl/α,β-unsaturated/α-hetero) is 1. The Hall–Kier alpha value is -2.73. The van der Waals surface area contributed by atoms with Crippen molar-refractivity contribution in [1.29, 1.82) is 0 Å². The number of carbonyl (C=O) groups excluding carboxylic acids is 3. The number of benzene rings is 2. The van der Waals surface area contributed by atoms with Gasteiger partial charge in [0.15, 0.2) is 5.78 Å². The first-order chi connectivity index (χ1) is 14.0. The number of amides is 2. The van der Waals surface area contributed by atoms with Crippen LogP contribution in [0.25, 0.3) is 10.8 Å². The van der Waals surface area contributed by atoms with Crippen LogP contribution in [0, 0.1) is 5.92 Å². The number of ketones is 1. The molecule has 2 saturated heterocycles. The number of rotatable bonds is 5. The highest BCUT2D eigenvalue weighted by atomic mass is 16.5. The van der Waals surface area contributed by atoms with Crippen LogP contribution < -0.4 is 5.32 Å². The molecule has 0 aromatic heterocycles. The number of fused-ring (bicyclic) bond motifs is 2. The lowest BCUT2D eigenvalue weighted by Crippen LogP contribution is -2.52. The Morgan fingerprint density at radius 2 is 1.93 bits per heavy atom. The fourth-order valence-corrected chi connectivity index (χ4v) is 4.39. The Morgan fingerprint density at radius 3 is 2.72 bits per heavy atom. The van der Waals surface area contributed by atoms with Crippen LogP contribution in [0.1, 0.15) is 37.0 Å². The van der Waals surface area contributed by atoms with Gasteiger partial charge < -0.3 is 15.0 Å². The molecule has 3 atom stereocenters. The molecule has 2 aromatic rings. The molecular formula is C23H26N2O4. The number of ether oxygens (including phenoxy) is 1. The molecule has 2 aliphatic heterocycles. The van der Waals surface area contributed by atoms with Crippen molar-refractivity contribution in [3.63, 3.8) is 0 Å². The summed E-state index contributed by atoms with van der Waals surface area (Å²) in [5.41, 5.74) is 0.546. The Morgan fingerprint density at radius 1 is 1.17 bits per heavy atom. The minimum Gasteiger partial charge on any atom is -0.368 e. The van der Waals surface area contributed by atoms with E-state index in [1.807, 2.05) is 50.2 Å². The van der Waals surface area contributed by atoms with E-state index in [2.05, 4.69) is 5.32 Å².